The van der Waals surface area contributed by atoms with Gasteiger partial charge in [-0.2, -0.15) is 0 Å². The van der Waals surface area contributed by atoms with E-state index in [0.717, 1.165) is 42.9 Å². The van der Waals surface area contributed by atoms with Gasteiger partial charge >= 0.3 is 0 Å². The molecule has 5 heteroatoms. The zero-order chi connectivity index (χ0) is 12.8. The predicted octanol–water partition coefficient (Wildman–Crippen LogP) is 1.90. The van der Waals surface area contributed by atoms with E-state index in [1.807, 2.05) is 6.07 Å². The highest BCUT2D eigenvalue weighted by Gasteiger charge is 2.34. The van der Waals surface area contributed by atoms with Crippen LogP contribution in [0.3, 0.4) is 0 Å². The van der Waals surface area contributed by atoms with Gasteiger partial charge in [-0.15, -0.1) is 0 Å². The lowest BCUT2D eigenvalue weighted by atomic mass is 9.77. The number of rotatable bonds is 1. The van der Waals surface area contributed by atoms with E-state index < -0.39 is 0 Å². The normalized spacial score (nSPS) is 28.7. The SMILES string of the molecule is CC1CCC(N)(c2nc3nc(N)ccc3[nH]2)CC1. The Kier molecular flexibility index (Phi) is 2.52. The van der Waals surface area contributed by atoms with Gasteiger partial charge in [0.05, 0.1) is 11.1 Å². The first kappa shape index (κ1) is 11.5. The van der Waals surface area contributed by atoms with Crippen LogP contribution < -0.4 is 11.5 Å². The van der Waals surface area contributed by atoms with Crippen LogP contribution in [-0.4, -0.2) is 15.0 Å². The highest BCUT2D eigenvalue weighted by atomic mass is 15.0. The molecule has 18 heavy (non-hydrogen) atoms. The molecule has 1 aliphatic carbocycles. The molecule has 2 heterocycles. The number of H-pyrrole nitrogens is 1. The van der Waals surface area contributed by atoms with Crippen molar-refractivity contribution < 1.29 is 0 Å². The molecule has 5 N–H and O–H groups in total. The highest BCUT2D eigenvalue weighted by molar-refractivity contribution is 5.72. The van der Waals surface area contributed by atoms with Crippen molar-refractivity contribution in [3.05, 3.63) is 18.0 Å². The number of anilines is 1. The Morgan fingerprint density at radius 3 is 2.72 bits per heavy atom. The summed E-state index contributed by atoms with van der Waals surface area (Å²) in [6.45, 7) is 2.28. The first-order chi connectivity index (χ1) is 8.57. The molecule has 0 amide bonds. The molecule has 0 spiro atoms. The molecule has 96 valence electrons. The van der Waals surface area contributed by atoms with Crippen molar-refractivity contribution in [2.75, 3.05) is 5.73 Å². The van der Waals surface area contributed by atoms with Gasteiger partial charge in [-0.3, -0.25) is 0 Å². The Morgan fingerprint density at radius 1 is 1.28 bits per heavy atom. The van der Waals surface area contributed by atoms with Crippen LogP contribution in [0, 0.1) is 5.92 Å². The van der Waals surface area contributed by atoms with Gasteiger partial charge < -0.3 is 16.5 Å². The number of nitrogens with two attached hydrogens (primary N) is 2. The van der Waals surface area contributed by atoms with Gasteiger partial charge in [0.1, 0.15) is 11.6 Å². The van der Waals surface area contributed by atoms with Crippen LogP contribution in [0.5, 0.6) is 0 Å². The van der Waals surface area contributed by atoms with Crippen LogP contribution in [0.15, 0.2) is 12.1 Å². The molecule has 0 atom stereocenters. The number of fused-ring (bicyclic) bond motifs is 1. The maximum absolute atomic E-state index is 6.49. The van der Waals surface area contributed by atoms with E-state index in [1.165, 1.54) is 0 Å². The van der Waals surface area contributed by atoms with E-state index in [0.29, 0.717) is 11.5 Å². The van der Waals surface area contributed by atoms with E-state index in [-0.39, 0.29) is 5.54 Å². The number of pyridine rings is 1. The van der Waals surface area contributed by atoms with Gasteiger partial charge in [0.2, 0.25) is 0 Å². The largest absolute Gasteiger partial charge is 0.384 e. The summed E-state index contributed by atoms with van der Waals surface area (Å²) in [5.74, 6) is 2.10. The minimum atomic E-state index is -0.331. The molecule has 0 unspecified atom stereocenters. The maximum Gasteiger partial charge on any atom is 0.179 e. The summed E-state index contributed by atoms with van der Waals surface area (Å²) in [7, 11) is 0. The molecular weight excluding hydrogens is 226 g/mol. The van der Waals surface area contributed by atoms with Gasteiger partial charge in [-0.1, -0.05) is 6.92 Å². The third-order valence-corrected chi connectivity index (χ3v) is 4.01. The van der Waals surface area contributed by atoms with Crippen molar-refractivity contribution in [1.82, 2.24) is 15.0 Å². The van der Waals surface area contributed by atoms with Crippen LogP contribution in [0.1, 0.15) is 38.4 Å². The molecule has 0 radical (unpaired) electrons. The number of imidazole rings is 1. The Hall–Kier alpha value is -1.62. The van der Waals surface area contributed by atoms with Crippen molar-refractivity contribution in [2.24, 2.45) is 11.7 Å². The average Bonchev–Trinajstić information content (AvgIpc) is 2.77. The van der Waals surface area contributed by atoms with Crippen LogP contribution in [-0.2, 0) is 5.54 Å². The van der Waals surface area contributed by atoms with Gasteiger partial charge in [0.25, 0.3) is 0 Å². The first-order valence-corrected chi connectivity index (χ1v) is 6.48. The molecule has 1 saturated carbocycles. The minimum absolute atomic E-state index is 0.331. The maximum atomic E-state index is 6.49. The summed E-state index contributed by atoms with van der Waals surface area (Å²) in [4.78, 5) is 12.0. The standard InChI is InChI=1S/C13H19N5/c1-8-4-6-13(15,7-5-8)12-16-9-2-3-10(14)17-11(9)18-12/h2-3,8H,4-7,15H2,1H3,(H3,14,16,17,18). The van der Waals surface area contributed by atoms with Crippen LogP contribution in [0.25, 0.3) is 11.2 Å². The van der Waals surface area contributed by atoms with E-state index in [4.69, 9.17) is 11.5 Å². The molecule has 0 aromatic carbocycles. The number of aromatic amines is 1. The minimum Gasteiger partial charge on any atom is -0.384 e. The molecule has 1 fully saturated rings. The molecule has 2 aromatic rings. The fourth-order valence-corrected chi connectivity index (χ4v) is 2.66. The summed E-state index contributed by atoms with van der Waals surface area (Å²) in [5, 5.41) is 0. The lowest BCUT2D eigenvalue weighted by molar-refractivity contribution is 0.238. The van der Waals surface area contributed by atoms with E-state index in [2.05, 4.69) is 21.9 Å². The van der Waals surface area contributed by atoms with E-state index >= 15 is 0 Å². The van der Waals surface area contributed by atoms with E-state index in [9.17, 15) is 0 Å². The lowest BCUT2D eigenvalue weighted by Gasteiger charge is -2.34. The summed E-state index contributed by atoms with van der Waals surface area (Å²) in [6.07, 6.45) is 4.26. The van der Waals surface area contributed by atoms with Gasteiger partial charge in [0, 0.05) is 0 Å². The first-order valence-electron chi connectivity index (χ1n) is 6.48. The van der Waals surface area contributed by atoms with Gasteiger partial charge in [-0.25, -0.2) is 9.97 Å². The van der Waals surface area contributed by atoms with E-state index in [1.54, 1.807) is 6.07 Å². The van der Waals surface area contributed by atoms with Crippen molar-refractivity contribution in [3.8, 4) is 0 Å². The highest BCUT2D eigenvalue weighted by Crippen LogP contribution is 2.36. The molecule has 2 aromatic heterocycles. The monoisotopic (exact) mass is 245 g/mol. The molecule has 0 bridgehead atoms. The summed E-state index contributed by atoms with van der Waals surface area (Å²) >= 11 is 0. The number of nitrogens with zero attached hydrogens (tertiary/aromatic N) is 2. The molecule has 1 aliphatic rings. The van der Waals surface area contributed by atoms with Gasteiger partial charge in [0.15, 0.2) is 5.65 Å². The third-order valence-electron chi connectivity index (χ3n) is 4.01. The van der Waals surface area contributed by atoms with Crippen molar-refractivity contribution in [3.63, 3.8) is 0 Å². The third kappa shape index (κ3) is 1.84. The summed E-state index contributed by atoms with van der Waals surface area (Å²) in [6, 6.07) is 3.68. The number of aromatic nitrogens is 3. The lowest BCUT2D eigenvalue weighted by Crippen LogP contribution is -2.41. The summed E-state index contributed by atoms with van der Waals surface area (Å²) < 4.78 is 0. The Labute approximate surface area is 106 Å². The summed E-state index contributed by atoms with van der Waals surface area (Å²) in [5.41, 5.74) is 13.4. The van der Waals surface area contributed by atoms with Crippen LogP contribution >= 0.6 is 0 Å². The zero-order valence-electron chi connectivity index (χ0n) is 10.6. The topological polar surface area (TPSA) is 93.6 Å². The van der Waals surface area contributed by atoms with Crippen molar-refractivity contribution >= 4 is 17.0 Å². The zero-order valence-corrected chi connectivity index (χ0v) is 10.6. The quantitative estimate of drug-likeness (QED) is 0.715. The predicted molar refractivity (Wildman–Crippen MR) is 71.8 cm³/mol. The molecular formula is C13H19N5. The Morgan fingerprint density at radius 2 is 2.00 bits per heavy atom. The number of nitrogens with one attached hydrogen (secondary N) is 1. The Bertz CT molecular complexity index is 566. The molecule has 3 rings (SSSR count). The fraction of sp³-hybridized carbons (Fsp3) is 0.538. The second kappa shape index (κ2) is 3.95. The second-order valence-corrected chi connectivity index (χ2v) is 5.53. The number of nitrogen functional groups attached to an aromatic ring is 1. The molecule has 0 aliphatic heterocycles. The van der Waals surface area contributed by atoms with Crippen molar-refractivity contribution in [2.45, 2.75) is 38.1 Å². The smallest absolute Gasteiger partial charge is 0.179 e. The van der Waals surface area contributed by atoms with Crippen LogP contribution in [0.2, 0.25) is 0 Å². The average molecular weight is 245 g/mol. The molecule has 0 saturated heterocycles. The second-order valence-electron chi connectivity index (χ2n) is 5.53. The molecule has 5 nitrogen and oxygen atoms in total. The Balaban J connectivity index is 1.98. The fourth-order valence-electron chi connectivity index (χ4n) is 2.66. The van der Waals surface area contributed by atoms with Crippen LogP contribution in [0.4, 0.5) is 5.82 Å². The van der Waals surface area contributed by atoms with Gasteiger partial charge in [-0.05, 0) is 43.7 Å². The van der Waals surface area contributed by atoms with Crippen molar-refractivity contribution in [1.29, 1.82) is 0 Å². The number of hydrogen-bond acceptors (Lipinski definition) is 4. The number of hydrogen-bond donors (Lipinski definition) is 3.